The van der Waals surface area contributed by atoms with Crippen LogP contribution >= 0.6 is 12.6 Å². The van der Waals surface area contributed by atoms with Gasteiger partial charge in [-0.1, -0.05) is 70.9 Å². The lowest BCUT2D eigenvalue weighted by atomic mass is 9.97. The van der Waals surface area contributed by atoms with E-state index >= 15 is 0 Å². The van der Waals surface area contributed by atoms with Crippen LogP contribution in [-0.2, 0) is 4.79 Å². The van der Waals surface area contributed by atoms with Gasteiger partial charge in [0.25, 0.3) is 0 Å². The van der Waals surface area contributed by atoms with Crippen molar-refractivity contribution in [2.24, 2.45) is 5.92 Å². The van der Waals surface area contributed by atoms with Crippen molar-refractivity contribution in [3.63, 3.8) is 0 Å². The number of aliphatic hydroxyl groups excluding tert-OH is 1. The highest BCUT2D eigenvalue weighted by molar-refractivity contribution is 7.96. The number of carbonyl (C=O) groups is 1. The molecule has 0 aliphatic heterocycles. The topological polar surface area (TPSA) is 37.3 Å². The summed E-state index contributed by atoms with van der Waals surface area (Å²) in [4.78, 5) is 10.9. The first-order valence-electron chi connectivity index (χ1n) is 9.13. The van der Waals surface area contributed by atoms with Gasteiger partial charge in [-0.25, -0.2) is 0 Å². The van der Waals surface area contributed by atoms with Crippen LogP contribution in [0.1, 0.15) is 90.9 Å². The first kappa shape index (κ1) is 21.7. The largest absolute Gasteiger partial charge is 0.384 e. The van der Waals surface area contributed by atoms with E-state index < -0.39 is 11.2 Å². The van der Waals surface area contributed by atoms with E-state index in [1.54, 1.807) is 0 Å². The number of allylic oxidation sites excluding steroid dienone is 2. The molecule has 0 aromatic rings. The number of rotatable bonds is 15. The summed E-state index contributed by atoms with van der Waals surface area (Å²) in [6.07, 6.45) is 18.3. The van der Waals surface area contributed by atoms with Gasteiger partial charge in [0.1, 0.15) is 6.10 Å². The SMILES string of the molecule is CCCCCCCC/C=C\CCCCC(C)CC(O)C(=O)S. The van der Waals surface area contributed by atoms with E-state index in [1.807, 2.05) is 0 Å². The van der Waals surface area contributed by atoms with Crippen molar-refractivity contribution in [3.05, 3.63) is 12.2 Å². The van der Waals surface area contributed by atoms with Gasteiger partial charge in [0.2, 0.25) is 5.12 Å². The molecular formula is C19H36O2S. The maximum atomic E-state index is 10.9. The fourth-order valence-corrected chi connectivity index (χ4v) is 2.74. The van der Waals surface area contributed by atoms with E-state index in [-0.39, 0.29) is 0 Å². The summed E-state index contributed by atoms with van der Waals surface area (Å²) >= 11 is 3.66. The summed E-state index contributed by atoms with van der Waals surface area (Å²) in [5, 5.41) is 9.04. The molecule has 2 atom stereocenters. The van der Waals surface area contributed by atoms with Crippen LogP contribution < -0.4 is 0 Å². The number of aliphatic hydroxyl groups is 1. The average molecular weight is 329 g/mol. The van der Waals surface area contributed by atoms with Crippen LogP contribution in [0.4, 0.5) is 0 Å². The molecule has 0 aliphatic carbocycles. The Bertz CT molecular complexity index is 289. The molecule has 0 aromatic carbocycles. The molecule has 0 spiro atoms. The Morgan fingerprint density at radius 1 is 1.00 bits per heavy atom. The molecule has 0 saturated heterocycles. The summed E-state index contributed by atoms with van der Waals surface area (Å²) in [5.41, 5.74) is 0. The third kappa shape index (κ3) is 14.6. The zero-order chi connectivity index (χ0) is 16.6. The van der Waals surface area contributed by atoms with E-state index in [4.69, 9.17) is 0 Å². The smallest absolute Gasteiger partial charge is 0.214 e. The Morgan fingerprint density at radius 2 is 1.55 bits per heavy atom. The van der Waals surface area contributed by atoms with Crippen LogP contribution in [0.25, 0.3) is 0 Å². The lowest BCUT2D eigenvalue weighted by molar-refractivity contribution is -0.118. The molecule has 1 N–H and O–H groups in total. The zero-order valence-electron chi connectivity index (χ0n) is 14.6. The van der Waals surface area contributed by atoms with Crippen LogP contribution in [0.3, 0.4) is 0 Å². The van der Waals surface area contributed by atoms with Crippen molar-refractivity contribution in [2.45, 2.75) is 97.0 Å². The number of hydrogen-bond donors (Lipinski definition) is 2. The molecule has 0 heterocycles. The van der Waals surface area contributed by atoms with Gasteiger partial charge in [-0.3, -0.25) is 4.79 Å². The van der Waals surface area contributed by atoms with Crippen LogP contribution in [0.5, 0.6) is 0 Å². The number of hydrogen-bond acceptors (Lipinski definition) is 2. The number of carbonyl (C=O) groups excluding carboxylic acids is 1. The van der Waals surface area contributed by atoms with E-state index in [2.05, 4.69) is 38.6 Å². The van der Waals surface area contributed by atoms with Gasteiger partial charge >= 0.3 is 0 Å². The molecule has 0 saturated carbocycles. The van der Waals surface area contributed by atoms with E-state index in [0.29, 0.717) is 12.3 Å². The summed E-state index contributed by atoms with van der Waals surface area (Å²) in [6.45, 7) is 4.35. The second kappa shape index (κ2) is 15.6. The Hall–Kier alpha value is -0.280. The monoisotopic (exact) mass is 328 g/mol. The van der Waals surface area contributed by atoms with Crippen LogP contribution in [0.2, 0.25) is 0 Å². The highest BCUT2D eigenvalue weighted by Gasteiger charge is 2.14. The summed E-state index contributed by atoms with van der Waals surface area (Å²) in [7, 11) is 0. The fraction of sp³-hybridized carbons (Fsp3) is 0.842. The fourth-order valence-electron chi connectivity index (χ4n) is 2.63. The van der Waals surface area contributed by atoms with Crippen molar-refractivity contribution in [2.75, 3.05) is 0 Å². The average Bonchev–Trinajstić information content (AvgIpc) is 2.48. The van der Waals surface area contributed by atoms with Gasteiger partial charge in [0.05, 0.1) is 0 Å². The van der Waals surface area contributed by atoms with Gasteiger partial charge in [0.15, 0.2) is 0 Å². The highest BCUT2D eigenvalue weighted by atomic mass is 32.1. The predicted molar refractivity (Wildman–Crippen MR) is 99.4 cm³/mol. The molecule has 0 amide bonds. The molecular weight excluding hydrogens is 292 g/mol. The van der Waals surface area contributed by atoms with E-state index in [1.165, 1.54) is 51.4 Å². The molecule has 3 heteroatoms. The minimum Gasteiger partial charge on any atom is -0.384 e. The molecule has 0 fully saturated rings. The van der Waals surface area contributed by atoms with Crippen LogP contribution in [0.15, 0.2) is 12.2 Å². The molecule has 0 aliphatic rings. The maximum Gasteiger partial charge on any atom is 0.214 e. The molecule has 0 bridgehead atoms. The molecule has 22 heavy (non-hydrogen) atoms. The van der Waals surface area contributed by atoms with Crippen LogP contribution in [0, 0.1) is 5.92 Å². The Balaban J connectivity index is 3.34. The highest BCUT2D eigenvalue weighted by Crippen LogP contribution is 2.16. The number of thiol groups is 1. The first-order chi connectivity index (χ1) is 10.6. The minimum atomic E-state index is -0.893. The quantitative estimate of drug-likeness (QED) is 0.230. The van der Waals surface area contributed by atoms with Gasteiger partial charge in [-0.15, -0.1) is 12.6 Å². The minimum absolute atomic E-state index is 0.387. The van der Waals surface area contributed by atoms with E-state index in [9.17, 15) is 9.90 Å². The molecule has 2 nitrogen and oxygen atoms in total. The van der Waals surface area contributed by atoms with Gasteiger partial charge in [-0.05, 0) is 38.0 Å². The first-order valence-corrected chi connectivity index (χ1v) is 9.58. The molecule has 0 rings (SSSR count). The second-order valence-corrected chi connectivity index (χ2v) is 6.95. The lowest BCUT2D eigenvalue weighted by Crippen LogP contribution is -2.18. The van der Waals surface area contributed by atoms with Crippen molar-refractivity contribution < 1.29 is 9.90 Å². The Kier molecular flexibility index (Phi) is 15.4. The standard InChI is InChI=1S/C19H36O2S/c1-3-4-5-6-7-8-9-10-11-12-13-14-15-17(2)16-18(20)19(21)22/h10-11,17-18,20H,3-9,12-16H2,1-2H3,(H,21,22)/b11-10-. The Morgan fingerprint density at radius 3 is 2.14 bits per heavy atom. The van der Waals surface area contributed by atoms with Gasteiger partial charge in [-0.2, -0.15) is 0 Å². The van der Waals surface area contributed by atoms with Crippen molar-refractivity contribution in [1.82, 2.24) is 0 Å². The summed E-state index contributed by atoms with van der Waals surface area (Å²) in [5.74, 6) is 0.387. The second-order valence-electron chi connectivity index (χ2n) is 6.51. The third-order valence-electron chi connectivity index (χ3n) is 4.12. The van der Waals surface area contributed by atoms with E-state index in [0.717, 1.165) is 19.3 Å². The summed E-state index contributed by atoms with van der Waals surface area (Å²) < 4.78 is 0. The van der Waals surface area contributed by atoms with Gasteiger partial charge < -0.3 is 5.11 Å². The van der Waals surface area contributed by atoms with Crippen molar-refractivity contribution >= 4 is 17.7 Å². The normalized spacial score (nSPS) is 14.4. The van der Waals surface area contributed by atoms with Gasteiger partial charge in [0, 0.05) is 0 Å². The molecule has 130 valence electrons. The summed E-state index contributed by atoms with van der Waals surface area (Å²) in [6, 6.07) is 0. The van der Waals surface area contributed by atoms with Crippen molar-refractivity contribution in [1.29, 1.82) is 0 Å². The zero-order valence-corrected chi connectivity index (χ0v) is 15.5. The molecule has 0 aromatic heterocycles. The lowest BCUT2D eigenvalue weighted by Gasteiger charge is -2.13. The van der Waals surface area contributed by atoms with Crippen molar-refractivity contribution in [3.8, 4) is 0 Å². The maximum absolute atomic E-state index is 10.9. The third-order valence-corrected chi connectivity index (χ3v) is 4.42. The van der Waals surface area contributed by atoms with Crippen LogP contribution in [-0.4, -0.2) is 16.3 Å². The Labute approximate surface area is 143 Å². The molecule has 2 unspecified atom stereocenters. The number of unbranched alkanes of at least 4 members (excludes halogenated alkanes) is 8. The molecule has 0 radical (unpaired) electrons. The predicted octanol–water partition coefficient (Wildman–Crippen LogP) is 5.70.